The molecule has 0 atom stereocenters. The number of methoxy groups -OCH3 is 1. The Bertz CT molecular complexity index is 1110. The second kappa shape index (κ2) is 6.74. The quantitative estimate of drug-likeness (QED) is 0.488. The van der Waals surface area contributed by atoms with Crippen LogP contribution in [0.3, 0.4) is 0 Å². The van der Waals surface area contributed by atoms with E-state index in [2.05, 4.69) is 22.2 Å². The van der Waals surface area contributed by atoms with Gasteiger partial charge < -0.3 is 10.1 Å². The minimum Gasteiger partial charge on any atom is -0.497 e. The lowest BCUT2D eigenvalue weighted by Gasteiger charge is -2.07. The molecule has 3 aromatic heterocycles. The molecular weight excluding hydrogens is 366 g/mol. The largest absolute Gasteiger partial charge is 0.497 e. The van der Waals surface area contributed by atoms with Crippen molar-refractivity contribution in [3.63, 3.8) is 0 Å². The first-order chi connectivity index (χ1) is 12.6. The number of nitrogens with one attached hydrogen (secondary N) is 1. The highest BCUT2D eigenvalue weighted by atomic mass is 35.5. The van der Waals surface area contributed by atoms with E-state index in [1.807, 2.05) is 43.5 Å². The van der Waals surface area contributed by atoms with Crippen LogP contribution in [0.4, 0.5) is 5.82 Å². The van der Waals surface area contributed by atoms with Crippen LogP contribution in [-0.2, 0) is 6.54 Å². The maximum atomic E-state index is 6.42. The average Bonchev–Trinajstić information content (AvgIpc) is 3.03. The van der Waals surface area contributed by atoms with Crippen LogP contribution >= 0.6 is 22.9 Å². The molecule has 0 fully saturated rings. The van der Waals surface area contributed by atoms with Gasteiger partial charge in [0.2, 0.25) is 0 Å². The molecule has 0 amide bonds. The minimum atomic E-state index is 0.691. The summed E-state index contributed by atoms with van der Waals surface area (Å²) < 4.78 is 6.31. The topological polar surface area (TPSA) is 47.0 Å². The first kappa shape index (κ1) is 17.1. The summed E-state index contributed by atoms with van der Waals surface area (Å²) in [5.74, 6) is 1.72. The molecule has 0 saturated carbocycles. The van der Waals surface area contributed by atoms with Crippen LogP contribution in [0.25, 0.3) is 20.3 Å². The molecule has 1 N–H and O–H groups in total. The Morgan fingerprint density at radius 3 is 2.65 bits per heavy atom. The number of pyridine rings is 2. The van der Waals surface area contributed by atoms with Crippen molar-refractivity contribution >= 4 is 49.1 Å². The number of nitrogens with zero attached hydrogens (tertiary/aromatic N) is 2. The molecule has 4 aromatic rings. The fraction of sp³-hybridized carbons (Fsp3) is 0.200. The van der Waals surface area contributed by atoms with Crippen molar-refractivity contribution in [2.45, 2.75) is 20.4 Å². The summed E-state index contributed by atoms with van der Waals surface area (Å²) in [4.78, 5) is 10.2. The Balaban J connectivity index is 1.73. The van der Waals surface area contributed by atoms with Gasteiger partial charge in [-0.05, 0) is 43.2 Å². The molecule has 4 rings (SSSR count). The summed E-state index contributed by atoms with van der Waals surface area (Å²) in [5, 5.41) is 6.45. The molecule has 0 spiro atoms. The molecule has 0 bridgehead atoms. The normalized spacial score (nSPS) is 11.2. The van der Waals surface area contributed by atoms with Crippen LogP contribution in [0.5, 0.6) is 5.75 Å². The van der Waals surface area contributed by atoms with Crippen molar-refractivity contribution in [2.24, 2.45) is 0 Å². The van der Waals surface area contributed by atoms with Gasteiger partial charge in [0, 0.05) is 23.5 Å². The number of rotatable bonds is 4. The molecule has 0 aliphatic carbocycles. The van der Waals surface area contributed by atoms with Gasteiger partial charge in [-0.2, -0.15) is 0 Å². The number of hydrogen-bond acceptors (Lipinski definition) is 5. The highest BCUT2D eigenvalue weighted by molar-refractivity contribution is 7.26. The number of ether oxygens (including phenoxy) is 1. The van der Waals surface area contributed by atoms with Crippen molar-refractivity contribution in [1.29, 1.82) is 0 Å². The molecule has 0 aliphatic rings. The molecule has 0 aliphatic heterocycles. The Morgan fingerprint density at radius 2 is 1.92 bits per heavy atom. The zero-order valence-corrected chi connectivity index (χ0v) is 16.3. The Hall–Kier alpha value is -2.37. The molecule has 0 saturated heterocycles. The van der Waals surface area contributed by atoms with E-state index in [1.54, 1.807) is 18.4 Å². The van der Waals surface area contributed by atoms with Gasteiger partial charge in [0.15, 0.2) is 0 Å². The lowest BCUT2D eigenvalue weighted by atomic mass is 10.1. The number of benzene rings is 1. The molecule has 132 valence electrons. The number of anilines is 1. The van der Waals surface area contributed by atoms with E-state index >= 15 is 0 Å². The maximum Gasteiger partial charge on any atom is 0.144 e. The van der Waals surface area contributed by atoms with Gasteiger partial charge in [0.25, 0.3) is 0 Å². The van der Waals surface area contributed by atoms with Gasteiger partial charge in [-0.15, -0.1) is 11.3 Å². The molecule has 6 heteroatoms. The van der Waals surface area contributed by atoms with Crippen molar-refractivity contribution in [3.8, 4) is 5.75 Å². The van der Waals surface area contributed by atoms with Gasteiger partial charge in [-0.3, -0.25) is 0 Å². The SMILES string of the molecule is COc1ccc(CNc2nccc3c2sc2nc(C)c(Cl)c(C)c23)cc1. The second-order valence-corrected chi connectivity index (χ2v) is 7.53. The Morgan fingerprint density at radius 1 is 1.15 bits per heavy atom. The Kier molecular flexibility index (Phi) is 4.42. The van der Waals surface area contributed by atoms with Crippen molar-refractivity contribution in [3.05, 3.63) is 58.4 Å². The van der Waals surface area contributed by atoms with Crippen LogP contribution in [-0.4, -0.2) is 17.1 Å². The summed E-state index contributed by atoms with van der Waals surface area (Å²) in [5.41, 5.74) is 3.11. The average molecular weight is 384 g/mol. The van der Waals surface area contributed by atoms with Crippen molar-refractivity contribution in [1.82, 2.24) is 9.97 Å². The lowest BCUT2D eigenvalue weighted by Crippen LogP contribution is -2.01. The summed E-state index contributed by atoms with van der Waals surface area (Å²) in [6.07, 6.45) is 1.83. The number of hydrogen-bond donors (Lipinski definition) is 1. The second-order valence-electron chi connectivity index (χ2n) is 6.16. The Labute approximate surface area is 160 Å². The number of aryl methyl sites for hydroxylation is 2. The van der Waals surface area contributed by atoms with Gasteiger partial charge >= 0.3 is 0 Å². The first-order valence-corrected chi connectivity index (χ1v) is 9.48. The molecule has 26 heavy (non-hydrogen) atoms. The zero-order chi connectivity index (χ0) is 18.3. The highest BCUT2D eigenvalue weighted by Gasteiger charge is 2.16. The lowest BCUT2D eigenvalue weighted by molar-refractivity contribution is 0.414. The molecule has 3 heterocycles. The highest BCUT2D eigenvalue weighted by Crippen LogP contribution is 2.40. The van der Waals surface area contributed by atoms with Crippen LogP contribution in [0.15, 0.2) is 36.5 Å². The summed E-state index contributed by atoms with van der Waals surface area (Å²) in [6, 6.07) is 10.1. The third-order valence-electron chi connectivity index (χ3n) is 4.50. The first-order valence-electron chi connectivity index (χ1n) is 8.29. The van der Waals surface area contributed by atoms with Gasteiger partial charge in [-0.1, -0.05) is 23.7 Å². The minimum absolute atomic E-state index is 0.691. The summed E-state index contributed by atoms with van der Waals surface area (Å²) in [7, 11) is 1.67. The summed E-state index contributed by atoms with van der Waals surface area (Å²) in [6.45, 7) is 4.69. The number of aromatic nitrogens is 2. The smallest absolute Gasteiger partial charge is 0.144 e. The van der Waals surface area contributed by atoms with Gasteiger partial charge in [-0.25, -0.2) is 9.97 Å². The van der Waals surface area contributed by atoms with Crippen LogP contribution < -0.4 is 10.1 Å². The van der Waals surface area contributed by atoms with Crippen molar-refractivity contribution < 1.29 is 4.74 Å². The molecule has 1 aromatic carbocycles. The van der Waals surface area contributed by atoms with Gasteiger partial charge in [0.05, 0.1) is 22.5 Å². The summed E-state index contributed by atoms with van der Waals surface area (Å²) >= 11 is 8.07. The van der Waals surface area contributed by atoms with Gasteiger partial charge in [0.1, 0.15) is 16.4 Å². The third kappa shape index (κ3) is 2.87. The number of thiophene rings is 1. The van der Waals surface area contributed by atoms with Crippen molar-refractivity contribution in [2.75, 3.05) is 12.4 Å². The van der Waals surface area contributed by atoms with E-state index in [-0.39, 0.29) is 0 Å². The van der Waals surface area contributed by atoms with E-state index in [0.717, 1.165) is 48.2 Å². The fourth-order valence-electron chi connectivity index (χ4n) is 3.09. The predicted molar refractivity (Wildman–Crippen MR) is 110 cm³/mol. The maximum absolute atomic E-state index is 6.42. The molecular formula is C20H18ClN3OS. The van der Waals surface area contributed by atoms with Crippen LogP contribution in [0.2, 0.25) is 5.02 Å². The van der Waals surface area contributed by atoms with E-state index < -0.39 is 0 Å². The molecule has 4 nitrogen and oxygen atoms in total. The van der Waals surface area contributed by atoms with E-state index in [9.17, 15) is 0 Å². The fourth-order valence-corrected chi connectivity index (χ4v) is 4.47. The van der Waals surface area contributed by atoms with E-state index in [4.69, 9.17) is 16.3 Å². The van der Waals surface area contributed by atoms with E-state index in [1.165, 1.54) is 5.56 Å². The number of halogens is 1. The molecule has 0 unspecified atom stereocenters. The third-order valence-corrected chi connectivity index (χ3v) is 6.16. The predicted octanol–water partition coefficient (Wildman–Crippen LogP) is 5.74. The standard InChI is InChI=1S/C20H18ClN3OS/c1-11-16-15-8-9-22-19(18(15)26-20(16)24-12(2)17(11)21)23-10-13-4-6-14(25-3)7-5-13/h4-9H,10H2,1-3H3,(H,22,23). The molecule has 0 radical (unpaired) electrons. The van der Waals surface area contributed by atoms with Crippen LogP contribution in [0.1, 0.15) is 16.8 Å². The zero-order valence-electron chi connectivity index (χ0n) is 14.8. The van der Waals surface area contributed by atoms with E-state index in [0.29, 0.717) is 6.54 Å². The van der Waals surface area contributed by atoms with Crippen LogP contribution in [0, 0.1) is 13.8 Å². The monoisotopic (exact) mass is 383 g/mol. The number of fused-ring (bicyclic) bond motifs is 3.